The Bertz CT molecular complexity index is 329. The fourth-order valence-electron chi connectivity index (χ4n) is 1.21. The first-order valence-corrected chi connectivity index (χ1v) is 4.37. The molecule has 0 radical (unpaired) electrons. The third kappa shape index (κ3) is 3.26. The quantitative estimate of drug-likeness (QED) is 0.668. The van der Waals surface area contributed by atoms with E-state index in [0.29, 0.717) is 19.6 Å². The van der Waals surface area contributed by atoms with Crippen LogP contribution in [-0.4, -0.2) is 18.0 Å². The van der Waals surface area contributed by atoms with E-state index in [1.54, 1.807) is 4.90 Å². The van der Waals surface area contributed by atoms with Crippen molar-refractivity contribution in [1.29, 1.82) is 10.5 Å². The van der Waals surface area contributed by atoms with Crippen molar-refractivity contribution in [2.75, 3.05) is 13.1 Å². The van der Waals surface area contributed by atoms with E-state index in [4.69, 9.17) is 10.5 Å². The first-order valence-electron chi connectivity index (χ1n) is 4.37. The average Bonchev–Trinajstić information content (AvgIpc) is 2.20. The van der Waals surface area contributed by atoms with E-state index >= 15 is 0 Å². The van der Waals surface area contributed by atoms with Gasteiger partial charge >= 0.3 is 0 Å². The summed E-state index contributed by atoms with van der Waals surface area (Å²) in [6, 6.07) is 13.9. The van der Waals surface area contributed by atoms with Gasteiger partial charge in [0.1, 0.15) is 0 Å². The lowest BCUT2D eigenvalue weighted by atomic mass is 10.2. The minimum atomic E-state index is 0.294. The van der Waals surface area contributed by atoms with Gasteiger partial charge in [-0.05, 0) is 5.56 Å². The topological polar surface area (TPSA) is 50.8 Å². The number of hydrogen-bond donors (Lipinski definition) is 0. The summed E-state index contributed by atoms with van der Waals surface area (Å²) in [6.45, 7) is 1.24. The standard InChI is InChI=1S/C11H11N3/c12-6-8-14(9-7-13)10-11-4-2-1-3-5-11/h1-5H,8-10H2. The van der Waals surface area contributed by atoms with E-state index in [1.165, 1.54) is 0 Å². The van der Waals surface area contributed by atoms with E-state index in [2.05, 4.69) is 0 Å². The molecule has 3 heteroatoms. The van der Waals surface area contributed by atoms with Gasteiger partial charge < -0.3 is 0 Å². The Hall–Kier alpha value is -1.84. The van der Waals surface area contributed by atoms with Gasteiger partial charge in [0.25, 0.3) is 0 Å². The third-order valence-electron chi connectivity index (χ3n) is 1.84. The molecule has 70 valence electrons. The minimum absolute atomic E-state index is 0.294. The normalized spacial score (nSPS) is 9.36. The van der Waals surface area contributed by atoms with Crippen LogP contribution in [0.4, 0.5) is 0 Å². The Morgan fingerprint density at radius 3 is 2.07 bits per heavy atom. The highest BCUT2D eigenvalue weighted by Crippen LogP contribution is 2.02. The van der Waals surface area contributed by atoms with Gasteiger partial charge in [-0.2, -0.15) is 10.5 Å². The van der Waals surface area contributed by atoms with Crippen LogP contribution in [0.15, 0.2) is 30.3 Å². The molecule has 1 aromatic carbocycles. The molecule has 0 saturated heterocycles. The molecule has 0 aliphatic carbocycles. The Morgan fingerprint density at radius 1 is 1.00 bits per heavy atom. The van der Waals surface area contributed by atoms with Crippen LogP contribution in [0.25, 0.3) is 0 Å². The van der Waals surface area contributed by atoms with Gasteiger partial charge in [0.05, 0.1) is 25.2 Å². The molecule has 1 aromatic rings. The summed E-state index contributed by atoms with van der Waals surface area (Å²) in [6.07, 6.45) is 0. The lowest BCUT2D eigenvalue weighted by molar-refractivity contribution is 0.335. The SMILES string of the molecule is N#CCN(CC#N)Cc1ccccc1. The lowest BCUT2D eigenvalue weighted by Gasteiger charge is -2.14. The first kappa shape index (κ1) is 10.2. The molecule has 3 nitrogen and oxygen atoms in total. The molecule has 0 amide bonds. The Morgan fingerprint density at radius 2 is 1.57 bits per heavy atom. The molecule has 0 aliphatic rings. The van der Waals surface area contributed by atoms with Crippen LogP contribution in [0, 0.1) is 22.7 Å². The van der Waals surface area contributed by atoms with Crippen LogP contribution in [-0.2, 0) is 6.54 Å². The summed E-state index contributed by atoms with van der Waals surface area (Å²) in [7, 11) is 0. The number of nitriles is 2. The minimum Gasteiger partial charge on any atom is -0.273 e. The molecule has 0 fully saturated rings. The number of benzene rings is 1. The molecule has 0 aromatic heterocycles. The highest BCUT2D eigenvalue weighted by Gasteiger charge is 2.03. The van der Waals surface area contributed by atoms with Gasteiger partial charge in [-0.15, -0.1) is 0 Å². The van der Waals surface area contributed by atoms with Crippen LogP contribution in [0.3, 0.4) is 0 Å². The van der Waals surface area contributed by atoms with E-state index in [1.807, 2.05) is 42.5 Å². The molecular weight excluding hydrogens is 174 g/mol. The molecular formula is C11H11N3. The van der Waals surface area contributed by atoms with Crippen LogP contribution < -0.4 is 0 Å². The van der Waals surface area contributed by atoms with Gasteiger partial charge in [-0.3, -0.25) is 4.90 Å². The second-order valence-electron chi connectivity index (χ2n) is 2.95. The van der Waals surface area contributed by atoms with E-state index in [-0.39, 0.29) is 0 Å². The van der Waals surface area contributed by atoms with Crippen molar-refractivity contribution in [3.63, 3.8) is 0 Å². The van der Waals surface area contributed by atoms with Crippen LogP contribution in [0.1, 0.15) is 5.56 Å². The molecule has 14 heavy (non-hydrogen) atoms. The summed E-state index contributed by atoms with van der Waals surface area (Å²) in [5.74, 6) is 0. The van der Waals surface area contributed by atoms with Crippen molar-refractivity contribution < 1.29 is 0 Å². The lowest BCUT2D eigenvalue weighted by Crippen LogP contribution is -2.23. The van der Waals surface area contributed by atoms with Crippen molar-refractivity contribution in [2.45, 2.75) is 6.54 Å². The first-order chi connectivity index (χ1) is 6.86. The van der Waals surface area contributed by atoms with Gasteiger partial charge in [-0.1, -0.05) is 30.3 Å². The Kier molecular flexibility index (Phi) is 4.20. The van der Waals surface area contributed by atoms with Crippen molar-refractivity contribution in [3.05, 3.63) is 35.9 Å². The Labute approximate surface area is 83.8 Å². The van der Waals surface area contributed by atoms with Crippen molar-refractivity contribution in [1.82, 2.24) is 4.90 Å². The zero-order valence-electron chi connectivity index (χ0n) is 7.85. The zero-order chi connectivity index (χ0) is 10.2. The summed E-state index contributed by atoms with van der Waals surface area (Å²) in [5.41, 5.74) is 1.12. The monoisotopic (exact) mass is 185 g/mol. The fraction of sp³-hybridized carbons (Fsp3) is 0.273. The van der Waals surface area contributed by atoms with Gasteiger partial charge in [0.2, 0.25) is 0 Å². The zero-order valence-corrected chi connectivity index (χ0v) is 7.85. The summed E-state index contributed by atoms with van der Waals surface area (Å²) < 4.78 is 0. The maximum Gasteiger partial charge on any atom is 0.0877 e. The molecule has 0 N–H and O–H groups in total. The van der Waals surface area contributed by atoms with Gasteiger partial charge in [0.15, 0.2) is 0 Å². The molecule has 1 rings (SSSR count). The van der Waals surface area contributed by atoms with E-state index in [0.717, 1.165) is 5.56 Å². The van der Waals surface area contributed by atoms with Crippen molar-refractivity contribution in [3.8, 4) is 12.1 Å². The highest BCUT2D eigenvalue weighted by molar-refractivity contribution is 5.14. The second kappa shape index (κ2) is 5.75. The predicted molar refractivity (Wildman–Crippen MR) is 52.9 cm³/mol. The van der Waals surface area contributed by atoms with E-state index < -0.39 is 0 Å². The summed E-state index contributed by atoms with van der Waals surface area (Å²) in [4.78, 5) is 1.80. The van der Waals surface area contributed by atoms with Gasteiger partial charge in [0, 0.05) is 6.54 Å². The van der Waals surface area contributed by atoms with Crippen molar-refractivity contribution in [2.24, 2.45) is 0 Å². The number of hydrogen-bond acceptors (Lipinski definition) is 3. The van der Waals surface area contributed by atoms with Crippen LogP contribution in [0.2, 0.25) is 0 Å². The fourth-order valence-corrected chi connectivity index (χ4v) is 1.21. The van der Waals surface area contributed by atoms with E-state index in [9.17, 15) is 0 Å². The van der Waals surface area contributed by atoms with Crippen molar-refractivity contribution >= 4 is 0 Å². The highest BCUT2D eigenvalue weighted by atomic mass is 15.1. The molecule has 0 saturated carbocycles. The smallest absolute Gasteiger partial charge is 0.0877 e. The summed E-state index contributed by atoms with van der Waals surface area (Å²) in [5, 5.41) is 17.1. The van der Waals surface area contributed by atoms with Crippen LogP contribution in [0.5, 0.6) is 0 Å². The second-order valence-corrected chi connectivity index (χ2v) is 2.95. The predicted octanol–water partition coefficient (Wildman–Crippen LogP) is 1.54. The molecule has 0 unspecified atom stereocenters. The largest absolute Gasteiger partial charge is 0.273 e. The maximum atomic E-state index is 8.54. The van der Waals surface area contributed by atoms with Crippen LogP contribution >= 0.6 is 0 Å². The number of nitrogens with zero attached hydrogens (tertiary/aromatic N) is 3. The number of rotatable bonds is 4. The Balaban J connectivity index is 2.57. The van der Waals surface area contributed by atoms with Gasteiger partial charge in [-0.25, -0.2) is 0 Å². The molecule has 0 atom stereocenters. The molecule has 0 aliphatic heterocycles. The molecule has 0 heterocycles. The third-order valence-corrected chi connectivity index (χ3v) is 1.84. The molecule has 0 bridgehead atoms. The maximum absolute atomic E-state index is 8.54. The molecule has 0 spiro atoms. The summed E-state index contributed by atoms with van der Waals surface area (Å²) >= 11 is 0. The average molecular weight is 185 g/mol.